The van der Waals surface area contributed by atoms with Crippen LogP contribution in [0.1, 0.15) is 36.3 Å². The van der Waals surface area contributed by atoms with Crippen LogP contribution in [0.3, 0.4) is 0 Å². The molecule has 0 bridgehead atoms. The molecule has 2 heterocycles. The van der Waals surface area contributed by atoms with E-state index in [-0.39, 0.29) is 6.61 Å². The van der Waals surface area contributed by atoms with E-state index in [0.29, 0.717) is 17.7 Å². The largest absolute Gasteiger partial charge is 0.429 e. The van der Waals surface area contributed by atoms with Crippen LogP contribution in [-0.4, -0.2) is 29.6 Å². The summed E-state index contributed by atoms with van der Waals surface area (Å²) in [5.41, 5.74) is 1.09. The molecule has 1 aromatic heterocycles. The van der Waals surface area contributed by atoms with Crippen molar-refractivity contribution in [1.29, 1.82) is 0 Å². The van der Waals surface area contributed by atoms with E-state index >= 15 is 0 Å². The van der Waals surface area contributed by atoms with Crippen molar-refractivity contribution < 1.29 is 19.0 Å². The van der Waals surface area contributed by atoms with Crippen LogP contribution in [0, 0.1) is 6.92 Å². The molecule has 0 aliphatic carbocycles. The highest BCUT2D eigenvalue weighted by Crippen LogP contribution is 2.27. The van der Waals surface area contributed by atoms with Gasteiger partial charge in [-0.2, -0.15) is 0 Å². The molecular weight excluding hydrogens is 234 g/mol. The topological polar surface area (TPSA) is 57.7 Å². The Kier molecular flexibility index (Phi) is 3.63. The Morgan fingerprint density at radius 3 is 3.06 bits per heavy atom. The summed E-state index contributed by atoms with van der Waals surface area (Å²) in [6, 6.07) is 3.38. The average molecular weight is 251 g/mol. The van der Waals surface area contributed by atoms with Crippen LogP contribution in [0.5, 0.6) is 0 Å². The maximum Gasteiger partial charge on any atom is 0.342 e. The maximum atomic E-state index is 11.9. The van der Waals surface area contributed by atoms with Gasteiger partial charge < -0.3 is 14.2 Å². The van der Waals surface area contributed by atoms with E-state index in [1.807, 2.05) is 13.8 Å². The number of carbonyl (C=O) groups is 1. The van der Waals surface area contributed by atoms with Gasteiger partial charge in [0.25, 0.3) is 0 Å². The summed E-state index contributed by atoms with van der Waals surface area (Å²) < 4.78 is 16.2. The molecule has 0 radical (unpaired) electrons. The minimum Gasteiger partial charge on any atom is -0.429 e. The van der Waals surface area contributed by atoms with E-state index in [2.05, 4.69) is 4.98 Å². The van der Waals surface area contributed by atoms with Gasteiger partial charge in [-0.3, -0.25) is 4.98 Å². The second-order valence-corrected chi connectivity index (χ2v) is 4.39. The summed E-state index contributed by atoms with van der Waals surface area (Å²) in [6.07, 6.45) is 1.68. The molecule has 0 saturated carbocycles. The first-order valence-electron chi connectivity index (χ1n) is 5.98. The highest BCUT2D eigenvalue weighted by Gasteiger charge is 2.37. The molecule has 1 fully saturated rings. The van der Waals surface area contributed by atoms with Gasteiger partial charge in [-0.05, 0) is 32.4 Å². The molecule has 1 saturated heterocycles. The molecule has 0 amide bonds. The van der Waals surface area contributed by atoms with Gasteiger partial charge in [-0.25, -0.2) is 4.79 Å². The number of hydrogen-bond acceptors (Lipinski definition) is 5. The molecule has 2 unspecified atom stereocenters. The Morgan fingerprint density at radius 2 is 2.44 bits per heavy atom. The van der Waals surface area contributed by atoms with Crippen LogP contribution in [0.4, 0.5) is 0 Å². The Balaban J connectivity index is 2.00. The van der Waals surface area contributed by atoms with Crippen molar-refractivity contribution in [1.82, 2.24) is 4.98 Å². The van der Waals surface area contributed by atoms with Gasteiger partial charge in [0.1, 0.15) is 6.61 Å². The van der Waals surface area contributed by atoms with E-state index in [4.69, 9.17) is 14.2 Å². The molecule has 1 aliphatic rings. The van der Waals surface area contributed by atoms with Crippen molar-refractivity contribution in [2.75, 3.05) is 6.61 Å². The maximum absolute atomic E-state index is 11.9. The van der Waals surface area contributed by atoms with Gasteiger partial charge in [0.2, 0.25) is 6.29 Å². The second kappa shape index (κ2) is 5.04. The van der Waals surface area contributed by atoms with Crippen LogP contribution >= 0.6 is 0 Å². The number of aryl methyl sites for hydroxylation is 1. The fraction of sp³-hybridized carbons (Fsp3) is 0.538. The van der Waals surface area contributed by atoms with Gasteiger partial charge in [0.15, 0.2) is 5.79 Å². The number of nitrogens with zero attached hydrogens (tertiary/aromatic N) is 1. The molecule has 18 heavy (non-hydrogen) atoms. The summed E-state index contributed by atoms with van der Waals surface area (Å²) in [7, 11) is 0. The predicted octanol–water partition coefficient (Wildman–Crippen LogP) is 2.05. The lowest BCUT2D eigenvalue weighted by Gasteiger charge is -2.20. The van der Waals surface area contributed by atoms with Gasteiger partial charge >= 0.3 is 5.97 Å². The van der Waals surface area contributed by atoms with Crippen molar-refractivity contribution in [3.05, 3.63) is 29.6 Å². The van der Waals surface area contributed by atoms with Crippen molar-refractivity contribution in [2.24, 2.45) is 0 Å². The van der Waals surface area contributed by atoms with Crippen LogP contribution in [0.15, 0.2) is 18.3 Å². The zero-order valence-electron chi connectivity index (χ0n) is 10.8. The van der Waals surface area contributed by atoms with Crippen LogP contribution < -0.4 is 0 Å². The highest BCUT2D eigenvalue weighted by molar-refractivity contribution is 5.90. The quantitative estimate of drug-likeness (QED) is 0.769. The highest BCUT2D eigenvalue weighted by atomic mass is 16.8. The number of ether oxygens (including phenoxy) is 3. The third-order valence-electron chi connectivity index (χ3n) is 3.01. The lowest BCUT2D eigenvalue weighted by molar-refractivity contribution is -0.188. The summed E-state index contributed by atoms with van der Waals surface area (Å²) >= 11 is 0. The molecule has 1 aromatic rings. The normalized spacial score (nSPS) is 27.2. The fourth-order valence-corrected chi connectivity index (χ4v) is 1.72. The van der Waals surface area contributed by atoms with Gasteiger partial charge in [0, 0.05) is 6.20 Å². The Bertz CT molecular complexity index is 448. The fourth-order valence-electron chi connectivity index (χ4n) is 1.72. The third kappa shape index (κ3) is 2.68. The molecule has 0 aromatic carbocycles. The summed E-state index contributed by atoms with van der Waals surface area (Å²) in [5, 5.41) is 0. The Labute approximate surface area is 106 Å². The average Bonchev–Trinajstić information content (AvgIpc) is 2.72. The summed E-state index contributed by atoms with van der Waals surface area (Å²) in [6.45, 7) is 5.81. The predicted molar refractivity (Wildman–Crippen MR) is 63.9 cm³/mol. The van der Waals surface area contributed by atoms with Crippen molar-refractivity contribution in [3.8, 4) is 0 Å². The minimum atomic E-state index is -0.658. The zero-order valence-corrected chi connectivity index (χ0v) is 10.8. The van der Waals surface area contributed by atoms with Gasteiger partial charge in [-0.15, -0.1) is 0 Å². The number of rotatable bonds is 3. The first kappa shape index (κ1) is 13.0. The van der Waals surface area contributed by atoms with Crippen molar-refractivity contribution in [3.63, 3.8) is 0 Å². The molecule has 98 valence electrons. The van der Waals surface area contributed by atoms with Gasteiger partial charge in [-0.1, -0.05) is 6.92 Å². The SMILES string of the molecule is CCC1(C)OCC(OC(=O)c2cccnc2C)O1. The van der Waals surface area contributed by atoms with Crippen molar-refractivity contribution >= 4 is 5.97 Å². The van der Waals surface area contributed by atoms with E-state index in [0.717, 1.165) is 0 Å². The molecule has 5 heteroatoms. The number of pyridine rings is 1. The second-order valence-electron chi connectivity index (χ2n) is 4.39. The molecular formula is C13H17NO4. The van der Waals surface area contributed by atoms with Crippen molar-refractivity contribution in [2.45, 2.75) is 39.3 Å². The van der Waals surface area contributed by atoms with Crippen LogP contribution in [-0.2, 0) is 14.2 Å². The third-order valence-corrected chi connectivity index (χ3v) is 3.01. The Morgan fingerprint density at radius 1 is 1.67 bits per heavy atom. The van der Waals surface area contributed by atoms with Gasteiger partial charge in [0.05, 0.1) is 11.3 Å². The molecule has 0 spiro atoms. The summed E-state index contributed by atoms with van der Waals surface area (Å²) in [4.78, 5) is 16.0. The number of hydrogen-bond donors (Lipinski definition) is 0. The monoisotopic (exact) mass is 251 g/mol. The minimum absolute atomic E-state index is 0.259. The lowest BCUT2D eigenvalue weighted by atomic mass is 10.2. The van der Waals surface area contributed by atoms with Crippen LogP contribution in [0.2, 0.25) is 0 Å². The molecule has 1 aliphatic heterocycles. The molecule has 2 rings (SSSR count). The first-order chi connectivity index (χ1) is 8.54. The summed E-state index contributed by atoms with van der Waals surface area (Å²) in [5.74, 6) is -1.09. The number of aromatic nitrogens is 1. The Hall–Kier alpha value is -1.46. The number of carbonyl (C=O) groups excluding carboxylic acids is 1. The van der Waals surface area contributed by atoms with E-state index < -0.39 is 18.0 Å². The van der Waals surface area contributed by atoms with E-state index in [1.165, 1.54) is 0 Å². The molecule has 0 N–H and O–H groups in total. The standard InChI is InChI=1S/C13H17NO4/c1-4-13(3)16-8-11(18-13)17-12(15)10-6-5-7-14-9(10)2/h5-7,11H,4,8H2,1-3H3. The van der Waals surface area contributed by atoms with E-state index in [1.54, 1.807) is 25.3 Å². The van der Waals surface area contributed by atoms with Crippen LogP contribution in [0.25, 0.3) is 0 Å². The smallest absolute Gasteiger partial charge is 0.342 e. The number of esters is 1. The van der Waals surface area contributed by atoms with E-state index in [9.17, 15) is 4.79 Å². The lowest BCUT2D eigenvalue weighted by Crippen LogP contribution is -2.27. The first-order valence-corrected chi connectivity index (χ1v) is 5.98. The molecule has 2 atom stereocenters. The molecule has 5 nitrogen and oxygen atoms in total. The zero-order chi connectivity index (χ0) is 13.2.